The molecule has 0 spiro atoms. The normalized spacial score (nSPS) is 14.2. The van der Waals surface area contributed by atoms with Gasteiger partial charge in [-0.2, -0.15) is 0 Å². The van der Waals surface area contributed by atoms with Gasteiger partial charge in [0, 0.05) is 25.7 Å². The molecule has 0 aromatic heterocycles. The van der Waals surface area contributed by atoms with Crippen molar-refractivity contribution in [1.29, 1.82) is 0 Å². The highest BCUT2D eigenvalue weighted by molar-refractivity contribution is 7.47. The summed E-state index contributed by atoms with van der Waals surface area (Å²) in [5.74, 6) is -1.36. The van der Waals surface area contributed by atoms with Gasteiger partial charge in [-0.15, -0.1) is 0 Å². The fourth-order valence-electron chi connectivity index (χ4n) is 10.1. The zero-order chi connectivity index (χ0) is 63.5. The van der Waals surface area contributed by atoms with Gasteiger partial charge in [-0.1, -0.05) is 291 Å². The highest BCUT2D eigenvalue weighted by atomic mass is 31.2. The van der Waals surface area contributed by atoms with Crippen molar-refractivity contribution in [2.24, 2.45) is 5.92 Å². The molecule has 5 atom stereocenters. The summed E-state index contributed by atoms with van der Waals surface area (Å²) in [6, 6.07) is 0. The van der Waals surface area contributed by atoms with E-state index >= 15 is 0 Å². The van der Waals surface area contributed by atoms with Crippen LogP contribution in [0.25, 0.3) is 0 Å². The average molecular weight is 1270 g/mol. The molecule has 86 heavy (non-hydrogen) atoms. The Labute approximate surface area is 524 Å². The van der Waals surface area contributed by atoms with Crippen molar-refractivity contribution < 1.29 is 80.2 Å². The molecule has 0 heterocycles. The molecule has 0 rings (SSSR count). The van der Waals surface area contributed by atoms with Gasteiger partial charge < -0.3 is 33.8 Å². The molecule has 0 saturated heterocycles. The van der Waals surface area contributed by atoms with Gasteiger partial charge in [0.2, 0.25) is 0 Å². The first-order valence-corrected chi connectivity index (χ1v) is 38.1. The third kappa shape index (κ3) is 60.9. The second-order valence-corrected chi connectivity index (χ2v) is 27.6. The molecule has 3 N–H and O–H groups in total. The lowest BCUT2D eigenvalue weighted by atomic mass is 10.0. The first-order chi connectivity index (χ1) is 41.5. The summed E-state index contributed by atoms with van der Waals surface area (Å²) in [5.41, 5.74) is 0. The molecular formula is C67H130O17P2. The van der Waals surface area contributed by atoms with E-state index in [0.29, 0.717) is 25.7 Å². The van der Waals surface area contributed by atoms with E-state index in [1.165, 1.54) is 154 Å². The van der Waals surface area contributed by atoms with Gasteiger partial charge in [-0.3, -0.25) is 37.3 Å². The van der Waals surface area contributed by atoms with E-state index in [1.807, 2.05) is 0 Å². The lowest BCUT2D eigenvalue weighted by Crippen LogP contribution is -2.30. The number of phosphoric acid groups is 2. The Kier molecular flexibility index (Phi) is 59.2. The molecule has 19 heteroatoms. The summed E-state index contributed by atoms with van der Waals surface area (Å²) >= 11 is 0. The molecule has 0 amide bonds. The van der Waals surface area contributed by atoms with Gasteiger partial charge in [-0.05, 0) is 31.6 Å². The maximum Gasteiger partial charge on any atom is 0.472 e. The Balaban J connectivity index is 5.20. The minimum atomic E-state index is -4.95. The van der Waals surface area contributed by atoms with E-state index in [2.05, 4.69) is 34.6 Å². The van der Waals surface area contributed by atoms with E-state index in [9.17, 15) is 43.2 Å². The highest BCUT2D eigenvalue weighted by Gasteiger charge is 2.30. The molecule has 0 aliphatic rings. The minimum absolute atomic E-state index is 0.106. The van der Waals surface area contributed by atoms with Crippen molar-refractivity contribution in [2.45, 2.75) is 361 Å². The van der Waals surface area contributed by atoms with Crippen molar-refractivity contribution in [2.75, 3.05) is 39.6 Å². The van der Waals surface area contributed by atoms with Crippen LogP contribution in [0.4, 0.5) is 0 Å². The Morgan fingerprint density at radius 1 is 0.314 bits per heavy atom. The van der Waals surface area contributed by atoms with Crippen LogP contribution in [0.2, 0.25) is 0 Å². The van der Waals surface area contributed by atoms with E-state index < -0.39 is 97.5 Å². The molecule has 0 aliphatic heterocycles. The number of phosphoric ester groups is 2. The van der Waals surface area contributed by atoms with Crippen LogP contribution in [-0.2, 0) is 65.4 Å². The topological polar surface area (TPSA) is 237 Å². The predicted molar refractivity (Wildman–Crippen MR) is 345 cm³/mol. The smallest absolute Gasteiger partial charge is 0.462 e. The predicted octanol–water partition coefficient (Wildman–Crippen LogP) is 19.0. The van der Waals surface area contributed by atoms with Gasteiger partial charge in [0.15, 0.2) is 12.2 Å². The Hall–Kier alpha value is -1.94. The molecule has 0 aliphatic carbocycles. The number of aliphatic hydroxyl groups excluding tert-OH is 1. The molecule has 0 bridgehead atoms. The quantitative estimate of drug-likeness (QED) is 0.0222. The number of unbranched alkanes of at least 4 members (excludes halogenated alkanes) is 39. The van der Waals surface area contributed by atoms with Gasteiger partial charge in [-0.25, -0.2) is 9.13 Å². The zero-order valence-corrected chi connectivity index (χ0v) is 57.2. The van der Waals surface area contributed by atoms with Crippen molar-refractivity contribution in [3.63, 3.8) is 0 Å². The number of ether oxygens (including phenoxy) is 4. The van der Waals surface area contributed by atoms with Crippen LogP contribution in [0.15, 0.2) is 0 Å². The maximum absolute atomic E-state index is 13.0. The number of aliphatic hydroxyl groups is 1. The zero-order valence-electron chi connectivity index (χ0n) is 55.4. The van der Waals surface area contributed by atoms with Gasteiger partial charge >= 0.3 is 39.5 Å². The second kappa shape index (κ2) is 60.6. The van der Waals surface area contributed by atoms with Crippen LogP contribution in [-0.4, -0.2) is 96.7 Å². The first kappa shape index (κ1) is 84.1. The molecule has 0 fully saturated rings. The Morgan fingerprint density at radius 2 is 0.535 bits per heavy atom. The molecule has 0 aromatic rings. The van der Waals surface area contributed by atoms with E-state index in [1.54, 1.807) is 0 Å². The van der Waals surface area contributed by atoms with Crippen LogP contribution in [0.1, 0.15) is 343 Å². The van der Waals surface area contributed by atoms with Gasteiger partial charge in [0.25, 0.3) is 0 Å². The number of rotatable bonds is 67. The summed E-state index contributed by atoms with van der Waals surface area (Å²) < 4.78 is 68.0. The largest absolute Gasteiger partial charge is 0.472 e. The Morgan fingerprint density at radius 3 is 0.791 bits per heavy atom. The third-order valence-electron chi connectivity index (χ3n) is 15.5. The number of carbonyl (C=O) groups is 4. The summed E-state index contributed by atoms with van der Waals surface area (Å²) in [6.07, 6.45) is 45.8. The Bertz CT molecular complexity index is 1670. The fraction of sp³-hybridized carbons (Fsp3) is 0.940. The lowest BCUT2D eigenvalue weighted by Gasteiger charge is -2.21. The van der Waals surface area contributed by atoms with Gasteiger partial charge in [0.1, 0.15) is 19.3 Å². The SMILES string of the molecule is CCCCCCCCCCCCCCCCCC(=O)O[C@H](COC(=O)CCCCCCCCCCCCCC(C)C)COP(=O)(O)OC[C@@H](O)COP(=O)(O)OC[C@@H](COC(=O)CCCCCCCCC)OC(=O)CCCCCCCCCCCC. The standard InChI is InChI=1S/C67H130O17P2/c1-6-9-12-15-18-20-22-23-24-25-28-33-38-43-48-53-67(72)84-63(57-78-65(70)51-46-41-36-32-29-26-27-30-35-39-44-49-60(4)5)59-82-86(75,76)80-55-61(68)54-79-85(73,74)81-58-62(56-77-64(69)50-45-40-34-17-14-11-8-3)83-66(71)52-47-42-37-31-21-19-16-13-10-7-2/h60-63,68H,6-59H2,1-5H3,(H,73,74)(H,75,76)/t61-,62+,63+/m0/s1. The van der Waals surface area contributed by atoms with Gasteiger partial charge in [0.05, 0.1) is 26.4 Å². The maximum atomic E-state index is 13.0. The fourth-order valence-corrected chi connectivity index (χ4v) is 11.7. The van der Waals surface area contributed by atoms with E-state index in [4.69, 9.17) is 37.0 Å². The number of carbonyl (C=O) groups excluding carboxylic acids is 4. The van der Waals surface area contributed by atoms with Crippen LogP contribution in [0.3, 0.4) is 0 Å². The molecule has 510 valence electrons. The molecule has 0 radical (unpaired) electrons. The molecular weight excluding hydrogens is 1140 g/mol. The number of esters is 4. The van der Waals surface area contributed by atoms with Crippen molar-refractivity contribution in [3.05, 3.63) is 0 Å². The molecule has 17 nitrogen and oxygen atoms in total. The van der Waals surface area contributed by atoms with Crippen LogP contribution in [0.5, 0.6) is 0 Å². The van der Waals surface area contributed by atoms with E-state index in [0.717, 1.165) is 109 Å². The lowest BCUT2D eigenvalue weighted by molar-refractivity contribution is -0.161. The van der Waals surface area contributed by atoms with Crippen molar-refractivity contribution >= 4 is 39.5 Å². The van der Waals surface area contributed by atoms with Crippen molar-refractivity contribution in [3.8, 4) is 0 Å². The second-order valence-electron chi connectivity index (χ2n) is 24.7. The van der Waals surface area contributed by atoms with Crippen LogP contribution < -0.4 is 0 Å². The minimum Gasteiger partial charge on any atom is -0.462 e. The van der Waals surface area contributed by atoms with Crippen LogP contribution in [0, 0.1) is 5.92 Å². The summed E-state index contributed by atoms with van der Waals surface area (Å²) in [5, 5.41) is 10.5. The third-order valence-corrected chi connectivity index (χ3v) is 17.4. The van der Waals surface area contributed by atoms with Crippen LogP contribution >= 0.6 is 15.6 Å². The number of hydrogen-bond donors (Lipinski definition) is 3. The molecule has 0 saturated carbocycles. The highest BCUT2D eigenvalue weighted by Crippen LogP contribution is 2.45. The monoisotopic (exact) mass is 1270 g/mol. The summed E-state index contributed by atoms with van der Waals surface area (Å²) in [4.78, 5) is 72.2. The molecule has 0 aromatic carbocycles. The first-order valence-electron chi connectivity index (χ1n) is 35.1. The van der Waals surface area contributed by atoms with Crippen molar-refractivity contribution in [1.82, 2.24) is 0 Å². The molecule has 2 unspecified atom stereocenters. The summed E-state index contributed by atoms with van der Waals surface area (Å²) in [7, 11) is -9.89. The van der Waals surface area contributed by atoms with E-state index in [-0.39, 0.29) is 25.7 Å². The number of hydrogen-bond acceptors (Lipinski definition) is 15. The summed E-state index contributed by atoms with van der Waals surface area (Å²) in [6.45, 7) is 7.18. The average Bonchev–Trinajstić information content (AvgIpc) is 3.59.